The molecule has 1 saturated carbocycles. The minimum Gasteiger partial charge on any atom is -0.444 e. The number of benzene rings is 1. The Hall–Kier alpha value is -4.19. The summed E-state index contributed by atoms with van der Waals surface area (Å²) in [7, 11) is 0. The van der Waals surface area contributed by atoms with Gasteiger partial charge in [-0.15, -0.1) is 0 Å². The van der Waals surface area contributed by atoms with Crippen LogP contribution in [0.5, 0.6) is 0 Å². The summed E-state index contributed by atoms with van der Waals surface area (Å²) >= 11 is 0. The van der Waals surface area contributed by atoms with Gasteiger partial charge < -0.3 is 14.6 Å². The number of carbonyl (C=O) groups excluding carboxylic acids is 2. The van der Waals surface area contributed by atoms with Crippen molar-refractivity contribution in [3.63, 3.8) is 0 Å². The van der Waals surface area contributed by atoms with Crippen molar-refractivity contribution in [2.45, 2.75) is 78.5 Å². The van der Waals surface area contributed by atoms with Gasteiger partial charge in [0.25, 0.3) is 11.6 Å². The molecule has 2 aromatic heterocycles. The first kappa shape index (κ1) is 26.9. The highest BCUT2D eigenvalue weighted by Crippen LogP contribution is 2.39. The van der Waals surface area contributed by atoms with Crippen molar-refractivity contribution in [3.05, 3.63) is 59.0 Å². The average Bonchev–Trinajstić information content (AvgIpc) is 3.61. The van der Waals surface area contributed by atoms with Gasteiger partial charge in [-0.25, -0.2) is 19.6 Å². The second-order valence-corrected chi connectivity index (χ2v) is 10.6. The lowest BCUT2D eigenvalue weighted by molar-refractivity contribution is -0.117. The average molecular weight is 515 g/mol. The van der Waals surface area contributed by atoms with Crippen molar-refractivity contribution < 1.29 is 14.3 Å². The van der Waals surface area contributed by atoms with Gasteiger partial charge in [-0.1, -0.05) is 43.2 Å². The molecule has 198 valence electrons. The number of nitrogens with one attached hydrogen (secondary N) is 2. The van der Waals surface area contributed by atoms with E-state index in [1.807, 2.05) is 35.8 Å². The van der Waals surface area contributed by atoms with Crippen LogP contribution in [-0.4, -0.2) is 38.2 Å². The van der Waals surface area contributed by atoms with Crippen LogP contribution in [0.25, 0.3) is 33.1 Å². The molecule has 9 heteroatoms. The van der Waals surface area contributed by atoms with Crippen molar-refractivity contribution in [1.82, 2.24) is 19.9 Å². The van der Waals surface area contributed by atoms with Gasteiger partial charge in [0.1, 0.15) is 23.4 Å². The smallest absolute Gasteiger partial charge is 0.413 e. The van der Waals surface area contributed by atoms with Crippen LogP contribution < -0.4 is 10.6 Å². The number of ether oxygens (including phenoxy) is 1. The lowest BCUT2D eigenvalue weighted by Crippen LogP contribution is -2.27. The first-order valence-electron chi connectivity index (χ1n) is 13.0. The zero-order valence-corrected chi connectivity index (χ0v) is 22.6. The number of amides is 2. The molecule has 2 heterocycles. The third-order valence-corrected chi connectivity index (χ3v) is 6.11. The van der Waals surface area contributed by atoms with Gasteiger partial charge in [0, 0.05) is 23.8 Å². The number of unbranched alkanes of at least 4 members (excludes halogenated alkanes) is 1. The van der Waals surface area contributed by atoms with Gasteiger partial charge in [0.15, 0.2) is 0 Å². The van der Waals surface area contributed by atoms with Crippen LogP contribution in [0.15, 0.2) is 36.3 Å². The minimum absolute atomic E-state index is 0.000395. The predicted molar refractivity (Wildman–Crippen MR) is 148 cm³/mol. The zero-order valence-electron chi connectivity index (χ0n) is 22.6. The van der Waals surface area contributed by atoms with Crippen LogP contribution in [0.4, 0.5) is 10.6 Å². The van der Waals surface area contributed by atoms with E-state index in [0.29, 0.717) is 29.1 Å². The van der Waals surface area contributed by atoms with E-state index in [9.17, 15) is 9.59 Å². The summed E-state index contributed by atoms with van der Waals surface area (Å²) in [5.41, 5.74) is 3.28. The maximum absolute atomic E-state index is 12.9. The van der Waals surface area contributed by atoms with Gasteiger partial charge in [0.05, 0.1) is 12.0 Å². The molecule has 0 bridgehead atoms. The van der Waals surface area contributed by atoms with E-state index in [1.165, 1.54) is 6.33 Å². The molecule has 1 aliphatic carbocycles. The third-order valence-electron chi connectivity index (χ3n) is 6.11. The van der Waals surface area contributed by atoms with Crippen LogP contribution in [-0.2, 0) is 16.1 Å². The van der Waals surface area contributed by atoms with Crippen molar-refractivity contribution in [3.8, 4) is 11.1 Å². The number of anilines is 1. The maximum Gasteiger partial charge on any atom is 0.413 e. The normalized spacial score (nSPS) is 13.7. The molecule has 0 radical (unpaired) electrons. The van der Waals surface area contributed by atoms with Crippen LogP contribution in [0.2, 0.25) is 0 Å². The Morgan fingerprint density at radius 2 is 1.92 bits per heavy atom. The highest BCUT2D eigenvalue weighted by Gasteiger charge is 2.27. The highest BCUT2D eigenvalue weighted by atomic mass is 16.6. The van der Waals surface area contributed by atoms with E-state index in [-0.39, 0.29) is 17.6 Å². The Balaban J connectivity index is 1.97. The number of aromatic nitrogens is 3. The van der Waals surface area contributed by atoms with E-state index in [1.54, 1.807) is 26.8 Å². The van der Waals surface area contributed by atoms with Crippen molar-refractivity contribution in [2.75, 3.05) is 5.32 Å². The predicted octanol–water partition coefficient (Wildman–Crippen LogP) is 6.09. The molecule has 2 N–H and O–H groups in total. The van der Waals surface area contributed by atoms with E-state index >= 15 is 0 Å². The van der Waals surface area contributed by atoms with Gasteiger partial charge in [-0.05, 0) is 58.6 Å². The van der Waals surface area contributed by atoms with Crippen molar-refractivity contribution in [2.24, 2.45) is 0 Å². The Morgan fingerprint density at radius 1 is 1.21 bits per heavy atom. The molecule has 0 spiro atoms. The first-order chi connectivity index (χ1) is 18.1. The fourth-order valence-corrected chi connectivity index (χ4v) is 4.15. The maximum atomic E-state index is 12.9. The second-order valence-electron chi connectivity index (χ2n) is 10.6. The van der Waals surface area contributed by atoms with Crippen molar-refractivity contribution in [1.29, 1.82) is 0 Å². The summed E-state index contributed by atoms with van der Waals surface area (Å²) in [4.78, 5) is 38.2. The molecule has 9 nitrogen and oxygen atoms in total. The van der Waals surface area contributed by atoms with Gasteiger partial charge in [0.2, 0.25) is 0 Å². The fraction of sp³-hybridized carbons (Fsp3) is 0.414. The number of rotatable bonds is 8. The number of hydrogen-bond donors (Lipinski definition) is 2. The summed E-state index contributed by atoms with van der Waals surface area (Å²) in [5.74, 6) is -0.0839. The first-order valence-corrected chi connectivity index (χ1v) is 13.0. The number of fused-ring (bicyclic) bond motifs is 1. The largest absolute Gasteiger partial charge is 0.444 e. The minimum atomic E-state index is -0.684. The van der Waals surface area contributed by atoms with Crippen LogP contribution >= 0.6 is 0 Å². The van der Waals surface area contributed by atoms with Gasteiger partial charge in [-0.2, -0.15) is 0 Å². The molecule has 2 amide bonds. The third kappa shape index (κ3) is 6.20. The summed E-state index contributed by atoms with van der Waals surface area (Å²) in [6, 6.07) is 8.09. The fourth-order valence-electron chi connectivity index (χ4n) is 4.15. The summed E-state index contributed by atoms with van der Waals surface area (Å²) in [6.45, 7) is 17.9. The van der Waals surface area contributed by atoms with E-state index in [0.717, 1.165) is 42.4 Å². The van der Waals surface area contributed by atoms with Gasteiger partial charge in [-0.3, -0.25) is 10.1 Å². The Morgan fingerprint density at radius 3 is 2.53 bits per heavy atom. The molecule has 38 heavy (non-hydrogen) atoms. The molecule has 3 aromatic rings. The molecule has 0 unspecified atom stereocenters. The van der Waals surface area contributed by atoms with E-state index < -0.39 is 11.7 Å². The zero-order chi connectivity index (χ0) is 27.4. The summed E-state index contributed by atoms with van der Waals surface area (Å²) < 4.78 is 7.49. The molecule has 0 atom stereocenters. The Kier molecular flexibility index (Phi) is 7.81. The van der Waals surface area contributed by atoms with Gasteiger partial charge >= 0.3 is 6.09 Å². The Labute approximate surface area is 223 Å². The van der Waals surface area contributed by atoms with Crippen molar-refractivity contribution >= 4 is 34.9 Å². The molecular formula is C29H34N6O3. The molecule has 0 saturated heterocycles. The van der Waals surface area contributed by atoms with E-state index in [2.05, 4.69) is 32.4 Å². The molecule has 1 aliphatic rings. The lowest BCUT2D eigenvalue weighted by Gasteiger charge is -2.19. The number of hydrogen-bond acceptors (Lipinski definition) is 5. The molecular weight excluding hydrogens is 480 g/mol. The lowest BCUT2D eigenvalue weighted by atomic mass is 10.0. The molecule has 4 rings (SSSR count). The topological polar surface area (TPSA) is 102 Å². The van der Waals surface area contributed by atoms with E-state index in [4.69, 9.17) is 11.3 Å². The molecule has 1 aromatic carbocycles. The van der Waals surface area contributed by atoms with Crippen LogP contribution in [0.1, 0.15) is 64.6 Å². The Bertz CT molecular complexity index is 1420. The number of nitrogens with zero attached hydrogens (tertiary/aromatic N) is 4. The summed E-state index contributed by atoms with van der Waals surface area (Å²) in [5, 5.41) is 6.34. The standard InChI is InChI=1S/C29H34N6O3/c1-7-8-15-35-22(16-21(30-6)27(36)33-20-13-14-20)23(19-11-9-18(2)10-12-19)24-25(31-17-32-26(24)35)34-28(37)38-29(3,4)5/h9-12,16-17,20H,7-8,13-15H2,1-5H3,(H,33,36)(H,31,32,34,37)/b21-16-. The molecule has 0 aliphatic heterocycles. The number of aryl methyl sites for hydroxylation is 2. The SMILES string of the molecule is [C-]#[N+]/C(=C\c1c(-c2ccc(C)cc2)c2c(NC(=O)OC(C)(C)C)ncnc2n1CCCC)C(=O)NC1CC1. The molecule has 1 fully saturated rings. The highest BCUT2D eigenvalue weighted by molar-refractivity contribution is 6.09. The van der Waals surface area contributed by atoms with Crippen LogP contribution in [0.3, 0.4) is 0 Å². The second kappa shape index (κ2) is 11.1. The number of carbonyl (C=O) groups is 2. The summed E-state index contributed by atoms with van der Waals surface area (Å²) in [6.07, 6.45) is 6.06. The van der Waals surface area contributed by atoms with Crippen LogP contribution in [0, 0.1) is 13.5 Å². The monoisotopic (exact) mass is 514 g/mol. The quantitative estimate of drug-likeness (QED) is 0.280.